The number of ether oxygens (including phenoxy) is 1. The minimum Gasteiger partial charge on any atom is -0.367 e. The normalized spacial score (nSPS) is 24.0. The second kappa shape index (κ2) is 7.23. The lowest BCUT2D eigenvalue weighted by Gasteiger charge is -2.37. The fourth-order valence-corrected chi connectivity index (χ4v) is 3.16. The molecule has 2 aliphatic rings. The highest BCUT2D eigenvalue weighted by molar-refractivity contribution is 5.77. The number of morpholine rings is 1. The third-order valence-corrected chi connectivity index (χ3v) is 4.55. The van der Waals surface area contributed by atoms with Crippen molar-refractivity contribution in [3.63, 3.8) is 0 Å². The zero-order valence-corrected chi connectivity index (χ0v) is 13.9. The summed E-state index contributed by atoms with van der Waals surface area (Å²) in [5, 5.41) is 3.50. The number of aryl methyl sites for hydroxylation is 1. The summed E-state index contributed by atoms with van der Waals surface area (Å²) in [5.41, 5.74) is 0.980. The van der Waals surface area contributed by atoms with Crippen molar-refractivity contribution >= 4 is 11.7 Å². The van der Waals surface area contributed by atoms with Crippen molar-refractivity contribution in [1.82, 2.24) is 19.8 Å². The number of rotatable bonds is 4. The molecule has 0 radical (unpaired) electrons. The molecule has 1 N–H and O–H groups in total. The maximum atomic E-state index is 11.4. The van der Waals surface area contributed by atoms with E-state index in [0.717, 1.165) is 44.0 Å². The van der Waals surface area contributed by atoms with Crippen LogP contribution in [-0.2, 0) is 9.53 Å². The number of amides is 1. The number of likely N-dealkylation sites (tertiary alicyclic amines) is 1. The van der Waals surface area contributed by atoms with Crippen LogP contribution in [0, 0.1) is 6.92 Å². The lowest BCUT2D eigenvalue weighted by Crippen LogP contribution is -2.50. The van der Waals surface area contributed by atoms with Gasteiger partial charge in [0.05, 0.1) is 6.10 Å². The molecule has 1 aromatic heterocycles. The minimum atomic E-state index is 0.0734. The Balaban J connectivity index is 1.43. The average Bonchev–Trinajstić information content (AvgIpc) is 2.53. The molecule has 0 saturated carbocycles. The van der Waals surface area contributed by atoms with Gasteiger partial charge in [-0.3, -0.25) is 4.79 Å². The van der Waals surface area contributed by atoms with Crippen LogP contribution in [-0.4, -0.2) is 77.7 Å². The molecular formula is C16H25N5O2. The van der Waals surface area contributed by atoms with E-state index in [1.54, 1.807) is 11.2 Å². The number of aromatic nitrogens is 2. The Bertz CT molecular complexity index is 545. The lowest BCUT2D eigenvalue weighted by molar-refractivity contribution is -0.147. The van der Waals surface area contributed by atoms with Gasteiger partial charge in [-0.2, -0.15) is 0 Å². The summed E-state index contributed by atoms with van der Waals surface area (Å²) in [6.07, 6.45) is 3.91. The van der Waals surface area contributed by atoms with E-state index in [0.29, 0.717) is 12.6 Å². The van der Waals surface area contributed by atoms with Crippen molar-refractivity contribution in [2.75, 3.05) is 45.2 Å². The highest BCUT2D eigenvalue weighted by Crippen LogP contribution is 2.17. The van der Waals surface area contributed by atoms with Gasteiger partial charge in [-0.1, -0.05) is 0 Å². The van der Waals surface area contributed by atoms with Gasteiger partial charge in [0, 0.05) is 51.0 Å². The highest BCUT2D eigenvalue weighted by Gasteiger charge is 2.27. The topological polar surface area (TPSA) is 70.6 Å². The van der Waals surface area contributed by atoms with Crippen molar-refractivity contribution in [2.24, 2.45) is 0 Å². The van der Waals surface area contributed by atoms with Gasteiger partial charge in [-0.05, 0) is 19.8 Å². The van der Waals surface area contributed by atoms with Crippen LogP contribution in [0.4, 0.5) is 5.82 Å². The first-order valence-corrected chi connectivity index (χ1v) is 8.23. The Morgan fingerprint density at radius 3 is 2.83 bits per heavy atom. The number of nitrogens with one attached hydrogen (secondary N) is 1. The zero-order valence-electron chi connectivity index (χ0n) is 13.9. The number of likely N-dealkylation sites (N-methyl/N-ethyl adjacent to an activating group) is 1. The van der Waals surface area contributed by atoms with Crippen LogP contribution in [0.2, 0.25) is 0 Å². The fourth-order valence-electron chi connectivity index (χ4n) is 3.16. The van der Waals surface area contributed by atoms with Gasteiger partial charge in [0.1, 0.15) is 18.8 Å². The van der Waals surface area contributed by atoms with E-state index in [4.69, 9.17) is 4.74 Å². The molecule has 0 aliphatic carbocycles. The minimum absolute atomic E-state index is 0.0734. The molecule has 1 unspecified atom stereocenters. The molecular weight excluding hydrogens is 294 g/mol. The number of hydrogen-bond donors (Lipinski definition) is 1. The quantitative estimate of drug-likeness (QED) is 0.872. The van der Waals surface area contributed by atoms with Crippen LogP contribution in [0.25, 0.3) is 0 Å². The molecule has 1 aromatic rings. The van der Waals surface area contributed by atoms with Gasteiger partial charge in [-0.15, -0.1) is 0 Å². The van der Waals surface area contributed by atoms with Crippen LogP contribution < -0.4 is 5.32 Å². The Labute approximate surface area is 137 Å². The molecule has 1 amide bonds. The summed E-state index contributed by atoms with van der Waals surface area (Å²) in [4.78, 5) is 24.0. The standard InChI is InChI=1S/C16H25N5O2/c1-12-7-15(18-11-17-12)19-13-3-5-21(6-4-13)9-14-8-20(2)16(22)10-23-14/h7,11,13-14H,3-6,8-10H2,1-2H3,(H,17,18,19). The molecule has 7 heteroatoms. The van der Waals surface area contributed by atoms with Crippen LogP contribution >= 0.6 is 0 Å². The van der Waals surface area contributed by atoms with Crippen molar-refractivity contribution in [2.45, 2.75) is 31.9 Å². The molecule has 2 saturated heterocycles. The van der Waals surface area contributed by atoms with Gasteiger partial charge in [0.25, 0.3) is 0 Å². The Morgan fingerprint density at radius 1 is 1.35 bits per heavy atom. The predicted octanol–water partition coefficient (Wildman–Crippen LogP) is 0.519. The molecule has 23 heavy (non-hydrogen) atoms. The maximum absolute atomic E-state index is 11.4. The molecule has 3 heterocycles. The van der Waals surface area contributed by atoms with E-state index in [1.165, 1.54) is 0 Å². The molecule has 3 rings (SSSR count). The first-order valence-electron chi connectivity index (χ1n) is 8.23. The summed E-state index contributed by atoms with van der Waals surface area (Å²) in [7, 11) is 1.84. The number of nitrogens with zero attached hydrogens (tertiary/aromatic N) is 4. The van der Waals surface area contributed by atoms with Crippen molar-refractivity contribution in [3.8, 4) is 0 Å². The number of piperidine rings is 1. The zero-order chi connectivity index (χ0) is 16.2. The summed E-state index contributed by atoms with van der Waals surface area (Å²) in [6, 6.07) is 2.44. The lowest BCUT2D eigenvalue weighted by atomic mass is 10.0. The number of anilines is 1. The third kappa shape index (κ3) is 4.39. The second-order valence-corrected chi connectivity index (χ2v) is 6.47. The van der Waals surface area contributed by atoms with E-state index in [9.17, 15) is 4.79 Å². The van der Waals surface area contributed by atoms with E-state index < -0.39 is 0 Å². The highest BCUT2D eigenvalue weighted by atomic mass is 16.5. The van der Waals surface area contributed by atoms with Gasteiger partial charge in [-0.25, -0.2) is 9.97 Å². The van der Waals surface area contributed by atoms with Crippen LogP contribution in [0.1, 0.15) is 18.5 Å². The summed E-state index contributed by atoms with van der Waals surface area (Å²) < 4.78 is 5.63. The SMILES string of the molecule is Cc1cc(NC2CCN(CC3CN(C)C(=O)CO3)CC2)ncn1. The van der Waals surface area contributed by atoms with Crippen molar-refractivity contribution in [1.29, 1.82) is 0 Å². The van der Waals surface area contributed by atoms with Gasteiger partial charge < -0.3 is 19.9 Å². The first kappa shape index (κ1) is 16.1. The molecule has 2 aliphatic heterocycles. The van der Waals surface area contributed by atoms with Crippen LogP contribution in [0.3, 0.4) is 0 Å². The molecule has 0 spiro atoms. The predicted molar refractivity (Wildman–Crippen MR) is 87.2 cm³/mol. The molecule has 126 valence electrons. The summed E-state index contributed by atoms with van der Waals surface area (Å²) in [5.74, 6) is 0.982. The van der Waals surface area contributed by atoms with E-state index in [2.05, 4.69) is 20.2 Å². The van der Waals surface area contributed by atoms with Gasteiger partial charge in [0.15, 0.2) is 0 Å². The molecule has 0 bridgehead atoms. The second-order valence-electron chi connectivity index (χ2n) is 6.47. The Kier molecular flexibility index (Phi) is 5.07. The maximum Gasteiger partial charge on any atom is 0.248 e. The third-order valence-electron chi connectivity index (χ3n) is 4.55. The monoisotopic (exact) mass is 319 g/mol. The van der Waals surface area contributed by atoms with E-state index in [1.807, 2.05) is 20.0 Å². The number of carbonyl (C=O) groups is 1. The van der Waals surface area contributed by atoms with Crippen molar-refractivity contribution < 1.29 is 9.53 Å². The Hall–Kier alpha value is -1.73. The largest absolute Gasteiger partial charge is 0.367 e. The van der Waals surface area contributed by atoms with Crippen LogP contribution in [0.5, 0.6) is 0 Å². The van der Waals surface area contributed by atoms with E-state index >= 15 is 0 Å². The molecule has 7 nitrogen and oxygen atoms in total. The van der Waals surface area contributed by atoms with Gasteiger partial charge in [0.2, 0.25) is 5.91 Å². The number of hydrogen-bond acceptors (Lipinski definition) is 6. The summed E-state index contributed by atoms with van der Waals surface area (Å²) >= 11 is 0. The fraction of sp³-hybridized carbons (Fsp3) is 0.688. The van der Waals surface area contributed by atoms with E-state index in [-0.39, 0.29) is 18.6 Å². The molecule has 1 atom stereocenters. The Morgan fingerprint density at radius 2 is 2.13 bits per heavy atom. The first-order chi connectivity index (χ1) is 11.1. The molecule has 0 aromatic carbocycles. The van der Waals surface area contributed by atoms with Crippen molar-refractivity contribution in [3.05, 3.63) is 18.1 Å². The summed E-state index contributed by atoms with van der Waals surface area (Å²) in [6.45, 7) is 5.86. The van der Waals surface area contributed by atoms with Gasteiger partial charge >= 0.3 is 0 Å². The molecule has 2 fully saturated rings. The average molecular weight is 319 g/mol. The smallest absolute Gasteiger partial charge is 0.248 e. The number of carbonyl (C=O) groups excluding carboxylic acids is 1. The van der Waals surface area contributed by atoms with Crippen LogP contribution in [0.15, 0.2) is 12.4 Å².